The molecule has 1 aromatic rings. The van der Waals surface area contributed by atoms with E-state index in [1.165, 1.54) is 11.1 Å². The van der Waals surface area contributed by atoms with Gasteiger partial charge < -0.3 is 15.2 Å². The Balaban J connectivity index is 1.76. The smallest absolute Gasteiger partial charge is 0.0940 e. The Bertz CT molecular complexity index is 444. The van der Waals surface area contributed by atoms with Gasteiger partial charge in [-0.05, 0) is 42.9 Å². The van der Waals surface area contributed by atoms with Crippen molar-refractivity contribution in [3.63, 3.8) is 0 Å². The van der Waals surface area contributed by atoms with E-state index in [1.807, 2.05) is 18.5 Å². The second kappa shape index (κ2) is 5.19. The third-order valence-corrected chi connectivity index (χ3v) is 4.53. The summed E-state index contributed by atoms with van der Waals surface area (Å²) in [4.78, 5) is 4.14. The number of aryl methyl sites for hydroxylation is 1. The van der Waals surface area contributed by atoms with Crippen molar-refractivity contribution in [2.75, 3.05) is 19.8 Å². The van der Waals surface area contributed by atoms with Crippen LogP contribution in [0.25, 0.3) is 0 Å². The van der Waals surface area contributed by atoms with Gasteiger partial charge in [-0.15, -0.1) is 0 Å². The first-order valence-corrected chi connectivity index (χ1v) is 7.08. The zero-order valence-corrected chi connectivity index (χ0v) is 11.5. The van der Waals surface area contributed by atoms with Crippen LogP contribution in [0.4, 0.5) is 0 Å². The quantitative estimate of drug-likeness (QED) is 0.885. The van der Waals surface area contributed by atoms with Crippen LogP contribution in [0.1, 0.15) is 36.4 Å². The van der Waals surface area contributed by atoms with Crippen LogP contribution in [0.15, 0.2) is 18.5 Å². The van der Waals surface area contributed by atoms with Gasteiger partial charge in [0.25, 0.3) is 0 Å². The predicted molar refractivity (Wildman–Crippen MR) is 72.7 cm³/mol. The van der Waals surface area contributed by atoms with Gasteiger partial charge in [0, 0.05) is 38.1 Å². The molecule has 0 saturated carbocycles. The highest BCUT2D eigenvalue weighted by atomic mass is 16.6. The minimum Gasteiger partial charge on any atom is -0.378 e. The first-order valence-electron chi connectivity index (χ1n) is 7.08. The topological polar surface area (TPSA) is 57.4 Å². The zero-order valence-electron chi connectivity index (χ0n) is 11.5. The molecule has 4 nitrogen and oxygen atoms in total. The van der Waals surface area contributed by atoms with Gasteiger partial charge in [0.15, 0.2) is 0 Å². The highest BCUT2D eigenvalue weighted by Crippen LogP contribution is 2.40. The molecular weight excluding hydrogens is 240 g/mol. The largest absolute Gasteiger partial charge is 0.378 e. The molecule has 2 fully saturated rings. The van der Waals surface area contributed by atoms with E-state index in [0.717, 1.165) is 39.1 Å². The van der Waals surface area contributed by atoms with Gasteiger partial charge in [0.1, 0.15) is 0 Å². The average molecular weight is 262 g/mol. The minimum absolute atomic E-state index is 0.0680. The number of hydrogen-bond donors (Lipinski definition) is 1. The molecule has 3 atom stereocenters. The van der Waals surface area contributed by atoms with E-state index in [2.05, 4.69) is 11.9 Å². The van der Waals surface area contributed by atoms with Crippen molar-refractivity contribution < 1.29 is 9.47 Å². The van der Waals surface area contributed by atoms with Crippen molar-refractivity contribution in [3.05, 3.63) is 29.6 Å². The summed E-state index contributed by atoms with van der Waals surface area (Å²) < 4.78 is 11.5. The van der Waals surface area contributed by atoms with Crippen LogP contribution in [0.5, 0.6) is 0 Å². The van der Waals surface area contributed by atoms with E-state index in [1.54, 1.807) is 0 Å². The second-order valence-corrected chi connectivity index (χ2v) is 5.84. The zero-order chi connectivity index (χ0) is 13.3. The number of nitrogens with two attached hydrogens (primary N) is 1. The van der Waals surface area contributed by atoms with Crippen molar-refractivity contribution in [3.8, 4) is 0 Å². The summed E-state index contributed by atoms with van der Waals surface area (Å²) in [6.07, 6.45) is 6.77. The lowest BCUT2D eigenvalue weighted by atomic mass is 9.79. The van der Waals surface area contributed by atoms with Crippen molar-refractivity contribution in [2.45, 2.75) is 37.8 Å². The maximum atomic E-state index is 6.50. The van der Waals surface area contributed by atoms with Gasteiger partial charge in [-0.3, -0.25) is 4.98 Å². The molecule has 104 valence electrons. The van der Waals surface area contributed by atoms with Crippen molar-refractivity contribution in [1.29, 1.82) is 0 Å². The molecule has 3 unspecified atom stereocenters. The normalized spacial score (nSPS) is 32.6. The van der Waals surface area contributed by atoms with Gasteiger partial charge in [0.2, 0.25) is 0 Å². The minimum atomic E-state index is -0.0680. The van der Waals surface area contributed by atoms with Gasteiger partial charge in [-0.1, -0.05) is 0 Å². The number of hydrogen-bond acceptors (Lipinski definition) is 4. The summed E-state index contributed by atoms with van der Waals surface area (Å²) in [5.74, 6) is 0.469. The molecule has 0 aliphatic carbocycles. The Morgan fingerprint density at radius 1 is 1.47 bits per heavy atom. The van der Waals surface area contributed by atoms with Gasteiger partial charge in [-0.25, -0.2) is 0 Å². The van der Waals surface area contributed by atoms with Gasteiger partial charge in [0.05, 0.1) is 12.2 Å². The van der Waals surface area contributed by atoms with Crippen molar-refractivity contribution in [2.24, 2.45) is 11.7 Å². The van der Waals surface area contributed by atoms with Crippen LogP contribution in [0, 0.1) is 12.8 Å². The van der Waals surface area contributed by atoms with Crippen LogP contribution in [0.2, 0.25) is 0 Å². The highest BCUT2D eigenvalue weighted by Gasteiger charge is 2.42. The Morgan fingerprint density at radius 3 is 3.11 bits per heavy atom. The molecule has 1 aromatic heterocycles. The lowest BCUT2D eigenvalue weighted by molar-refractivity contribution is -0.101. The van der Waals surface area contributed by atoms with E-state index in [-0.39, 0.29) is 11.6 Å². The lowest BCUT2D eigenvalue weighted by Crippen LogP contribution is -2.43. The highest BCUT2D eigenvalue weighted by molar-refractivity contribution is 5.25. The van der Waals surface area contributed by atoms with Gasteiger partial charge >= 0.3 is 0 Å². The number of aromatic nitrogens is 1. The molecule has 1 spiro atoms. The Hall–Kier alpha value is -0.970. The van der Waals surface area contributed by atoms with Crippen LogP contribution in [0.3, 0.4) is 0 Å². The summed E-state index contributed by atoms with van der Waals surface area (Å²) in [5.41, 5.74) is 8.83. The molecule has 0 amide bonds. The van der Waals surface area contributed by atoms with E-state index < -0.39 is 0 Å². The number of pyridine rings is 1. The SMILES string of the molecule is Cc1cnccc1C(N)C1CCOC2(CCOC2)C1. The maximum Gasteiger partial charge on any atom is 0.0940 e. The van der Waals surface area contributed by atoms with Crippen LogP contribution < -0.4 is 5.73 Å². The fraction of sp³-hybridized carbons (Fsp3) is 0.667. The Labute approximate surface area is 114 Å². The van der Waals surface area contributed by atoms with Crippen molar-refractivity contribution >= 4 is 0 Å². The molecule has 0 radical (unpaired) electrons. The first kappa shape index (κ1) is 13.0. The van der Waals surface area contributed by atoms with Crippen molar-refractivity contribution in [1.82, 2.24) is 4.98 Å². The molecule has 2 saturated heterocycles. The fourth-order valence-corrected chi connectivity index (χ4v) is 3.35. The summed E-state index contributed by atoms with van der Waals surface area (Å²) in [6, 6.07) is 2.12. The van der Waals surface area contributed by atoms with Gasteiger partial charge in [-0.2, -0.15) is 0 Å². The Kier molecular flexibility index (Phi) is 3.56. The Morgan fingerprint density at radius 2 is 2.37 bits per heavy atom. The maximum absolute atomic E-state index is 6.50. The molecule has 19 heavy (non-hydrogen) atoms. The van der Waals surface area contributed by atoms with Crippen LogP contribution in [-0.2, 0) is 9.47 Å². The number of ether oxygens (including phenoxy) is 2. The molecule has 2 aliphatic heterocycles. The standard InChI is InChI=1S/C15H22N2O2/c1-11-9-17-5-2-13(11)14(16)12-3-6-19-15(8-12)4-7-18-10-15/h2,5,9,12,14H,3-4,6-8,10,16H2,1H3. The number of nitrogens with zero attached hydrogens (tertiary/aromatic N) is 1. The van der Waals surface area contributed by atoms with E-state index >= 15 is 0 Å². The number of rotatable bonds is 2. The molecule has 0 aromatic carbocycles. The fourth-order valence-electron chi connectivity index (χ4n) is 3.35. The molecule has 0 bridgehead atoms. The molecular formula is C15H22N2O2. The molecule has 2 aliphatic rings. The van der Waals surface area contributed by atoms with Crippen LogP contribution in [-0.4, -0.2) is 30.4 Å². The molecule has 4 heteroatoms. The average Bonchev–Trinajstić information content (AvgIpc) is 2.86. The van der Waals surface area contributed by atoms with E-state index in [9.17, 15) is 0 Å². The molecule has 2 N–H and O–H groups in total. The third-order valence-electron chi connectivity index (χ3n) is 4.53. The lowest BCUT2D eigenvalue weighted by Gasteiger charge is -2.39. The predicted octanol–water partition coefficient (Wildman–Crippen LogP) is 1.98. The monoisotopic (exact) mass is 262 g/mol. The second-order valence-electron chi connectivity index (χ2n) is 5.84. The van der Waals surface area contributed by atoms with E-state index in [4.69, 9.17) is 15.2 Å². The molecule has 3 heterocycles. The summed E-state index contributed by atoms with van der Waals surface area (Å²) in [7, 11) is 0. The summed E-state index contributed by atoms with van der Waals surface area (Å²) in [5, 5.41) is 0. The molecule has 3 rings (SSSR count). The van der Waals surface area contributed by atoms with Crippen LogP contribution >= 0.6 is 0 Å². The third kappa shape index (κ3) is 2.53. The first-order chi connectivity index (χ1) is 9.20. The summed E-state index contributed by atoms with van der Waals surface area (Å²) >= 11 is 0. The summed E-state index contributed by atoms with van der Waals surface area (Å²) in [6.45, 7) is 4.42. The van der Waals surface area contributed by atoms with E-state index in [0.29, 0.717) is 5.92 Å².